The molecular weight excluding hydrogens is 392 g/mol. The molecule has 0 radical (unpaired) electrons. The maximum absolute atomic E-state index is 13.2. The van der Waals surface area contributed by atoms with Crippen LogP contribution in [0, 0.1) is 13.8 Å². The molecule has 156 valence electrons. The summed E-state index contributed by atoms with van der Waals surface area (Å²) in [5, 5.41) is 0.587. The molecule has 1 aliphatic rings. The summed E-state index contributed by atoms with van der Waals surface area (Å²) in [6, 6.07) is 6.89. The molecule has 1 atom stereocenters. The average Bonchev–Trinajstić information content (AvgIpc) is 3.31. The molecule has 0 saturated carbocycles. The summed E-state index contributed by atoms with van der Waals surface area (Å²) in [7, 11) is 0. The van der Waals surface area contributed by atoms with Crippen molar-refractivity contribution < 1.29 is 19.1 Å². The lowest BCUT2D eigenvalue weighted by molar-refractivity contribution is 0.0506. The zero-order chi connectivity index (χ0) is 21.0. The quantitative estimate of drug-likeness (QED) is 0.681. The number of H-pyrrole nitrogens is 1. The van der Waals surface area contributed by atoms with E-state index < -0.39 is 0 Å². The van der Waals surface area contributed by atoms with Gasteiger partial charge in [-0.05, 0) is 69.0 Å². The second-order valence-corrected chi connectivity index (χ2v) is 7.71. The number of aryl methyl sites for hydroxylation is 1. The fourth-order valence-electron chi connectivity index (χ4n) is 3.65. The van der Waals surface area contributed by atoms with Crippen LogP contribution in [-0.2, 0) is 16.0 Å². The number of hydrogen-bond donors (Lipinski definition) is 1. The van der Waals surface area contributed by atoms with E-state index in [2.05, 4.69) is 4.98 Å². The van der Waals surface area contributed by atoms with Crippen LogP contribution in [0.3, 0.4) is 0 Å². The Labute approximate surface area is 176 Å². The topological polar surface area (TPSA) is 71.6 Å². The van der Waals surface area contributed by atoms with Gasteiger partial charge in [0.05, 0.1) is 12.7 Å². The third-order valence-corrected chi connectivity index (χ3v) is 5.50. The summed E-state index contributed by atoms with van der Waals surface area (Å²) >= 11 is 5.97. The van der Waals surface area contributed by atoms with Gasteiger partial charge in [0.15, 0.2) is 0 Å². The Morgan fingerprint density at radius 3 is 2.62 bits per heavy atom. The number of nitrogens with one attached hydrogen (secondary N) is 1. The number of halogens is 1. The van der Waals surface area contributed by atoms with E-state index in [-0.39, 0.29) is 18.0 Å². The standard InChI is InChI=1S/C22H27ClN2O4/c1-4-28-22(27)20-14(2)19(15(3)24-20)13-25(12-18-6-5-11-29-18)21(26)16-7-9-17(23)10-8-16/h7-10,18,24H,4-6,11-13H2,1-3H3. The maximum atomic E-state index is 13.2. The van der Waals surface area contributed by atoms with Crippen LogP contribution in [0.2, 0.25) is 5.02 Å². The number of hydrogen-bond acceptors (Lipinski definition) is 4. The fourth-order valence-corrected chi connectivity index (χ4v) is 3.78. The molecule has 1 aliphatic heterocycles. The second kappa shape index (κ2) is 9.46. The van der Waals surface area contributed by atoms with Crippen molar-refractivity contribution in [3.05, 3.63) is 57.4 Å². The predicted octanol–water partition coefficient (Wildman–Crippen LogP) is 4.28. The Balaban J connectivity index is 1.87. The number of benzene rings is 1. The molecule has 2 heterocycles. The minimum absolute atomic E-state index is 0.0235. The molecule has 1 aromatic carbocycles. The van der Waals surface area contributed by atoms with E-state index in [0.29, 0.717) is 36.0 Å². The van der Waals surface area contributed by atoms with Crippen LogP contribution in [0.1, 0.15) is 57.4 Å². The number of carbonyl (C=O) groups excluding carboxylic acids is 2. The van der Waals surface area contributed by atoms with Crippen LogP contribution in [-0.4, -0.2) is 47.6 Å². The molecule has 6 nitrogen and oxygen atoms in total. The van der Waals surface area contributed by atoms with Crippen LogP contribution in [0.25, 0.3) is 0 Å². The van der Waals surface area contributed by atoms with E-state index in [1.807, 2.05) is 13.8 Å². The number of nitrogens with zero attached hydrogens (tertiary/aromatic N) is 1. The summed E-state index contributed by atoms with van der Waals surface area (Å²) in [4.78, 5) is 30.4. The van der Waals surface area contributed by atoms with Gasteiger partial charge in [-0.1, -0.05) is 11.6 Å². The number of esters is 1. The molecule has 2 aromatic rings. The van der Waals surface area contributed by atoms with E-state index in [9.17, 15) is 9.59 Å². The van der Waals surface area contributed by atoms with E-state index in [4.69, 9.17) is 21.1 Å². The molecule has 1 N–H and O–H groups in total. The van der Waals surface area contributed by atoms with Gasteiger partial charge >= 0.3 is 5.97 Å². The highest BCUT2D eigenvalue weighted by molar-refractivity contribution is 6.30. The zero-order valence-electron chi connectivity index (χ0n) is 17.1. The normalized spacial score (nSPS) is 16.1. The molecule has 3 rings (SSSR count). The SMILES string of the molecule is CCOC(=O)c1[nH]c(C)c(CN(CC2CCCO2)C(=O)c2ccc(Cl)cc2)c1C. The molecule has 0 aliphatic carbocycles. The highest BCUT2D eigenvalue weighted by atomic mass is 35.5. The van der Waals surface area contributed by atoms with Crippen LogP contribution in [0.4, 0.5) is 0 Å². The van der Waals surface area contributed by atoms with Crippen molar-refractivity contribution in [1.29, 1.82) is 0 Å². The van der Waals surface area contributed by atoms with Crippen molar-refractivity contribution in [3.8, 4) is 0 Å². The molecule has 1 fully saturated rings. The Kier molecular flexibility index (Phi) is 6.98. The van der Waals surface area contributed by atoms with Crippen molar-refractivity contribution in [2.24, 2.45) is 0 Å². The Morgan fingerprint density at radius 1 is 1.28 bits per heavy atom. The molecule has 7 heteroatoms. The predicted molar refractivity (Wildman–Crippen MR) is 111 cm³/mol. The van der Waals surface area contributed by atoms with Crippen LogP contribution in [0.15, 0.2) is 24.3 Å². The monoisotopic (exact) mass is 418 g/mol. The first-order valence-electron chi connectivity index (χ1n) is 9.92. The number of aromatic amines is 1. The van der Waals surface area contributed by atoms with Gasteiger partial charge in [0, 0.05) is 36.0 Å². The summed E-state index contributed by atoms with van der Waals surface area (Å²) in [6.45, 7) is 7.48. The molecule has 0 spiro atoms. The molecule has 0 bridgehead atoms. The first kappa shape index (κ1) is 21.4. The van der Waals surface area contributed by atoms with Crippen LogP contribution >= 0.6 is 11.6 Å². The van der Waals surface area contributed by atoms with Gasteiger partial charge in [0.1, 0.15) is 5.69 Å². The lowest BCUT2D eigenvalue weighted by Crippen LogP contribution is -2.37. The van der Waals surface area contributed by atoms with Crippen molar-refractivity contribution in [3.63, 3.8) is 0 Å². The van der Waals surface area contributed by atoms with Crippen LogP contribution < -0.4 is 0 Å². The van der Waals surface area contributed by atoms with Gasteiger partial charge < -0.3 is 19.4 Å². The minimum atomic E-state index is -0.381. The minimum Gasteiger partial charge on any atom is -0.461 e. The van der Waals surface area contributed by atoms with Crippen LogP contribution in [0.5, 0.6) is 0 Å². The Bertz CT molecular complexity index is 870. The Morgan fingerprint density at radius 2 is 2.00 bits per heavy atom. The van der Waals surface area contributed by atoms with Gasteiger partial charge in [-0.15, -0.1) is 0 Å². The largest absolute Gasteiger partial charge is 0.461 e. The Hall–Kier alpha value is -2.31. The number of aromatic nitrogens is 1. The molecular formula is C22H27ClN2O4. The third-order valence-electron chi connectivity index (χ3n) is 5.25. The number of rotatable bonds is 7. The first-order valence-corrected chi connectivity index (χ1v) is 10.3. The molecule has 1 saturated heterocycles. The fraction of sp³-hybridized carbons (Fsp3) is 0.455. The molecule has 1 aromatic heterocycles. The lowest BCUT2D eigenvalue weighted by atomic mass is 10.1. The van der Waals surface area contributed by atoms with Crippen molar-refractivity contribution in [2.75, 3.05) is 19.8 Å². The van der Waals surface area contributed by atoms with Gasteiger partial charge in [0.2, 0.25) is 0 Å². The number of amides is 1. The van der Waals surface area contributed by atoms with Gasteiger partial charge in [0.25, 0.3) is 5.91 Å². The van der Waals surface area contributed by atoms with E-state index in [1.54, 1.807) is 36.1 Å². The second-order valence-electron chi connectivity index (χ2n) is 7.28. The van der Waals surface area contributed by atoms with E-state index >= 15 is 0 Å². The average molecular weight is 419 g/mol. The highest BCUT2D eigenvalue weighted by Crippen LogP contribution is 2.24. The number of carbonyl (C=O) groups is 2. The van der Waals surface area contributed by atoms with Crippen molar-refractivity contribution in [1.82, 2.24) is 9.88 Å². The third kappa shape index (κ3) is 5.00. The van der Waals surface area contributed by atoms with Gasteiger partial charge in [-0.25, -0.2) is 4.79 Å². The van der Waals surface area contributed by atoms with Crippen molar-refractivity contribution >= 4 is 23.5 Å². The van der Waals surface area contributed by atoms with Gasteiger partial charge in [-0.3, -0.25) is 4.79 Å². The lowest BCUT2D eigenvalue weighted by Gasteiger charge is -2.26. The van der Waals surface area contributed by atoms with Crippen molar-refractivity contribution in [2.45, 2.75) is 46.3 Å². The van der Waals surface area contributed by atoms with E-state index in [0.717, 1.165) is 36.3 Å². The van der Waals surface area contributed by atoms with E-state index in [1.165, 1.54) is 0 Å². The summed E-state index contributed by atoms with van der Waals surface area (Å²) < 4.78 is 10.9. The first-order chi connectivity index (χ1) is 13.9. The molecule has 1 unspecified atom stereocenters. The smallest absolute Gasteiger partial charge is 0.355 e. The number of ether oxygens (including phenoxy) is 2. The molecule has 1 amide bonds. The maximum Gasteiger partial charge on any atom is 0.355 e. The molecule has 29 heavy (non-hydrogen) atoms. The summed E-state index contributed by atoms with van der Waals surface area (Å²) in [5.74, 6) is -0.469. The summed E-state index contributed by atoms with van der Waals surface area (Å²) in [5.41, 5.74) is 3.60. The van der Waals surface area contributed by atoms with Gasteiger partial charge in [-0.2, -0.15) is 0 Å². The zero-order valence-corrected chi connectivity index (χ0v) is 17.8. The highest BCUT2D eigenvalue weighted by Gasteiger charge is 2.26. The summed E-state index contributed by atoms with van der Waals surface area (Å²) in [6.07, 6.45) is 1.96.